The molecule has 1 aromatic carbocycles. The summed E-state index contributed by atoms with van der Waals surface area (Å²) >= 11 is 1.54. The summed E-state index contributed by atoms with van der Waals surface area (Å²) in [6.07, 6.45) is 5.67. The maximum absolute atomic E-state index is 12.3. The fourth-order valence-electron chi connectivity index (χ4n) is 3.18. The second-order valence-electron chi connectivity index (χ2n) is 6.36. The largest absolute Gasteiger partial charge is 0.372 e. The van der Waals surface area contributed by atoms with Crippen LogP contribution >= 0.6 is 11.3 Å². The standard InChI is InChI=1S/C18H21N5OS/c1-13-21-23-12-15(20-18(23)25-13)11-19-17(24)14-5-7-16(8-6-14)22-9-3-2-4-10-22/h5-8,12H,2-4,9-11H2,1H3,(H,19,24). The van der Waals surface area contributed by atoms with Crippen LogP contribution in [0.1, 0.15) is 40.3 Å². The van der Waals surface area contributed by atoms with Gasteiger partial charge in [-0.05, 0) is 50.5 Å². The molecule has 0 saturated carbocycles. The Bertz CT molecular complexity index is 845. The molecule has 1 amide bonds. The Hall–Kier alpha value is -2.41. The van der Waals surface area contributed by atoms with Crippen molar-refractivity contribution in [3.63, 3.8) is 0 Å². The van der Waals surface area contributed by atoms with Crippen molar-refractivity contribution in [3.05, 3.63) is 46.7 Å². The number of aryl methyl sites for hydroxylation is 1. The molecule has 0 aliphatic carbocycles. The van der Waals surface area contributed by atoms with Crippen molar-refractivity contribution in [2.24, 2.45) is 0 Å². The zero-order chi connectivity index (χ0) is 17.2. The van der Waals surface area contributed by atoms with E-state index in [4.69, 9.17) is 0 Å². The molecule has 1 fully saturated rings. The first-order chi connectivity index (χ1) is 12.2. The van der Waals surface area contributed by atoms with E-state index in [1.807, 2.05) is 37.4 Å². The minimum atomic E-state index is -0.0781. The summed E-state index contributed by atoms with van der Waals surface area (Å²) in [5.74, 6) is -0.0781. The van der Waals surface area contributed by atoms with Gasteiger partial charge in [0.1, 0.15) is 5.01 Å². The summed E-state index contributed by atoms with van der Waals surface area (Å²) in [7, 11) is 0. The molecule has 2 aromatic heterocycles. The van der Waals surface area contributed by atoms with E-state index in [0.717, 1.165) is 28.8 Å². The number of fused-ring (bicyclic) bond motifs is 1. The van der Waals surface area contributed by atoms with Gasteiger partial charge < -0.3 is 10.2 Å². The first-order valence-corrected chi connectivity index (χ1v) is 9.45. The molecule has 1 aliphatic rings. The van der Waals surface area contributed by atoms with Crippen molar-refractivity contribution in [1.82, 2.24) is 19.9 Å². The van der Waals surface area contributed by atoms with Crippen LogP contribution in [0.4, 0.5) is 5.69 Å². The third kappa shape index (κ3) is 3.51. The Morgan fingerprint density at radius 2 is 1.96 bits per heavy atom. The molecule has 3 aromatic rings. The monoisotopic (exact) mass is 355 g/mol. The molecular weight excluding hydrogens is 334 g/mol. The van der Waals surface area contributed by atoms with E-state index in [-0.39, 0.29) is 5.91 Å². The molecule has 25 heavy (non-hydrogen) atoms. The van der Waals surface area contributed by atoms with Gasteiger partial charge in [-0.1, -0.05) is 11.3 Å². The molecule has 0 atom stereocenters. The zero-order valence-corrected chi connectivity index (χ0v) is 15.1. The van der Waals surface area contributed by atoms with Crippen LogP contribution in [0.3, 0.4) is 0 Å². The predicted molar refractivity (Wildman–Crippen MR) is 99.3 cm³/mol. The minimum Gasteiger partial charge on any atom is -0.372 e. The van der Waals surface area contributed by atoms with Crippen molar-refractivity contribution in [2.75, 3.05) is 18.0 Å². The molecule has 6 nitrogen and oxygen atoms in total. The molecule has 1 aliphatic heterocycles. The number of nitrogens with one attached hydrogen (secondary N) is 1. The fraction of sp³-hybridized carbons (Fsp3) is 0.389. The summed E-state index contributed by atoms with van der Waals surface area (Å²) in [6.45, 7) is 4.57. The maximum Gasteiger partial charge on any atom is 0.251 e. The van der Waals surface area contributed by atoms with E-state index in [0.29, 0.717) is 12.1 Å². The highest BCUT2D eigenvalue weighted by molar-refractivity contribution is 7.16. The lowest BCUT2D eigenvalue weighted by Gasteiger charge is -2.28. The summed E-state index contributed by atoms with van der Waals surface area (Å²) in [5, 5.41) is 8.24. The quantitative estimate of drug-likeness (QED) is 0.781. The van der Waals surface area contributed by atoms with Crippen molar-refractivity contribution in [1.29, 1.82) is 0 Å². The Morgan fingerprint density at radius 3 is 2.68 bits per heavy atom. The van der Waals surface area contributed by atoms with Gasteiger partial charge in [0.15, 0.2) is 0 Å². The molecule has 0 bridgehead atoms. The van der Waals surface area contributed by atoms with E-state index >= 15 is 0 Å². The summed E-state index contributed by atoms with van der Waals surface area (Å²) < 4.78 is 1.76. The fourth-order valence-corrected chi connectivity index (χ4v) is 3.92. The molecule has 4 rings (SSSR count). The van der Waals surface area contributed by atoms with Gasteiger partial charge in [0.25, 0.3) is 5.91 Å². The number of rotatable bonds is 4. The number of hydrogen-bond acceptors (Lipinski definition) is 5. The molecule has 0 spiro atoms. The number of anilines is 1. The van der Waals surface area contributed by atoms with Gasteiger partial charge in [-0.2, -0.15) is 5.10 Å². The van der Waals surface area contributed by atoms with Crippen LogP contribution in [0.2, 0.25) is 0 Å². The van der Waals surface area contributed by atoms with Crippen molar-refractivity contribution >= 4 is 27.9 Å². The second kappa shape index (κ2) is 6.84. The Kier molecular flexibility index (Phi) is 4.40. The molecule has 0 radical (unpaired) electrons. The zero-order valence-electron chi connectivity index (χ0n) is 14.2. The SMILES string of the molecule is Cc1nn2cc(CNC(=O)c3ccc(N4CCCCC4)cc3)nc2s1. The van der Waals surface area contributed by atoms with Crippen LogP contribution in [0.25, 0.3) is 4.96 Å². The molecule has 0 unspecified atom stereocenters. The highest BCUT2D eigenvalue weighted by Gasteiger charge is 2.12. The van der Waals surface area contributed by atoms with Crippen LogP contribution in [0.5, 0.6) is 0 Å². The van der Waals surface area contributed by atoms with Crippen LogP contribution in [-0.2, 0) is 6.54 Å². The number of amides is 1. The predicted octanol–water partition coefficient (Wildman–Crippen LogP) is 3.02. The smallest absolute Gasteiger partial charge is 0.251 e. The number of benzene rings is 1. The number of aromatic nitrogens is 3. The van der Waals surface area contributed by atoms with Gasteiger partial charge in [0.05, 0.1) is 18.4 Å². The topological polar surface area (TPSA) is 62.5 Å². The van der Waals surface area contributed by atoms with Gasteiger partial charge in [0, 0.05) is 24.3 Å². The number of nitrogens with zero attached hydrogens (tertiary/aromatic N) is 4. The lowest BCUT2D eigenvalue weighted by molar-refractivity contribution is 0.0950. The minimum absolute atomic E-state index is 0.0781. The van der Waals surface area contributed by atoms with E-state index in [2.05, 4.69) is 20.3 Å². The molecule has 1 saturated heterocycles. The lowest BCUT2D eigenvalue weighted by Crippen LogP contribution is -2.29. The van der Waals surface area contributed by atoms with E-state index in [1.54, 1.807) is 15.9 Å². The maximum atomic E-state index is 12.3. The van der Waals surface area contributed by atoms with E-state index in [9.17, 15) is 4.79 Å². The highest BCUT2D eigenvalue weighted by Crippen LogP contribution is 2.20. The third-order valence-corrected chi connectivity index (χ3v) is 5.31. The first kappa shape index (κ1) is 16.1. The number of carbonyl (C=O) groups excluding carboxylic acids is 1. The van der Waals surface area contributed by atoms with Gasteiger partial charge in [0.2, 0.25) is 4.96 Å². The first-order valence-electron chi connectivity index (χ1n) is 8.64. The van der Waals surface area contributed by atoms with Gasteiger partial charge in [-0.15, -0.1) is 0 Å². The summed E-state index contributed by atoms with van der Waals surface area (Å²) in [5.41, 5.74) is 2.69. The summed E-state index contributed by atoms with van der Waals surface area (Å²) in [6, 6.07) is 7.88. The molecule has 3 heterocycles. The molecular formula is C18H21N5OS. The molecule has 7 heteroatoms. The van der Waals surface area contributed by atoms with Crippen molar-refractivity contribution in [3.8, 4) is 0 Å². The van der Waals surface area contributed by atoms with Crippen molar-refractivity contribution < 1.29 is 4.79 Å². The van der Waals surface area contributed by atoms with Gasteiger partial charge in [-0.25, -0.2) is 9.50 Å². The Labute approximate surface area is 150 Å². The average molecular weight is 355 g/mol. The third-order valence-electron chi connectivity index (χ3n) is 4.47. The van der Waals surface area contributed by atoms with Crippen LogP contribution in [0, 0.1) is 6.92 Å². The number of imidazole rings is 1. The van der Waals surface area contributed by atoms with Gasteiger partial charge >= 0.3 is 0 Å². The number of piperidine rings is 1. The van der Waals surface area contributed by atoms with E-state index in [1.165, 1.54) is 24.9 Å². The lowest BCUT2D eigenvalue weighted by atomic mass is 10.1. The van der Waals surface area contributed by atoms with E-state index < -0.39 is 0 Å². The average Bonchev–Trinajstić information content (AvgIpc) is 3.17. The molecule has 1 N–H and O–H groups in total. The second-order valence-corrected chi connectivity index (χ2v) is 7.52. The highest BCUT2D eigenvalue weighted by atomic mass is 32.1. The van der Waals surface area contributed by atoms with Crippen LogP contribution < -0.4 is 10.2 Å². The number of hydrogen-bond donors (Lipinski definition) is 1. The van der Waals surface area contributed by atoms with Crippen LogP contribution in [-0.4, -0.2) is 33.6 Å². The Balaban J connectivity index is 1.37. The Morgan fingerprint density at radius 1 is 1.20 bits per heavy atom. The number of carbonyl (C=O) groups is 1. The van der Waals surface area contributed by atoms with Crippen LogP contribution in [0.15, 0.2) is 30.5 Å². The van der Waals surface area contributed by atoms with Crippen molar-refractivity contribution in [2.45, 2.75) is 32.7 Å². The normalized spacial score (nSPS) is 14.8. The van der Waals surface area contributed by atoms with Gasteiger partial charge in [-0.3, -0.25) is 4.79 Å². The summed E-state index contributed by atoms with van der Waals surface area (Å²) in [4.78, 5) is 20.1. The molecule has 130 valence electrons.